The largest absolute Gasteiger partial charge is 0.243 e. The summed E-state index contributed by atoms with van der Waals surface area (Å²) in [5.41, 5.74) is 0.464. The van der Waals surface area contributed by atoms with Gasteiger partial charge in [-0.2, -0.15) is 0 Å². The van der Waals surface area contributed by atoms with Crippen LogP contribution in [-0.4, -0.2) is 8.42 Å². The van der Waals surface area contributed by atoms with Gasteiger partial charge in [-0.15, -0.1) is 0 Å². The van der Waals surface area contributed by atoms with Crippen molar-refractivity contribution in [3.8, 4) is 0 Å². The van der Waals surface area contributed by atoms with Crippen LogP contribution < -0.4 is 4.72 Å². The fourth-order valence-corrected chi connectivity index (χ4v) is 2.88. The molecule has 0 heterocycles. The molecule has 2 aromatic carbocycles. The van der Waals surface area contributed by atoms with E-state index in [0.717, 1.165) is 0 Å². The van der Waals surface area contributed by atoms with Gasteiger partial charge in [0, 0.05) is 11.6 Å². The summed E-state index contributed by atoms with van der Waals surface area (Å²) in [6, 6.07) is 7.64. The van der Waals surface area contributed by atoms with E-state index in [2.05, 4.69) is 4.72 Å². The highest BCUT2D eigenvalue weighted by molar-refractivity contribution is 7.89. The van der Waals surface area contributed by atoms with Crippen LogP contribution in [0.1, 0.15) is 5.56 Å². The normalized spacial score (nSPS) is 11.6. The van der Waals surface area contributed by atoms with Crippen LogP contribution in [0.2, 0.25) is 5.02 Å². The van der Waals surface area contributed by atoms with Crippen LogP contribution in [0, 0.1) is 17.5 Å². The molecule has 0 bridgehead atoms. The fraction of sp³-hybridized carbons (Fsp3) is 0.0769. The zero-order valence-electron chi connectivity index (χ0n) is 10.4. The van der Waals surface area contributed by atoms with Gasteiger partial charge in [0.25, 0.3) is 0 Å². The van der Waals surface area contributed by atoms with Gasteiger partial charge < -0.3 is 0 Å². The number of hydrogen-bond acceptors (Lipinski definition) is 2. The third-order valence-electron chi connectivity index (χ3n) is 2.70. The van der Waals surface area contributed by atoms with Crippen molar-refractivity contribution in [1.29, 1.82) is 0 Å². The van der Waals surface area contributed by atoms with E-state index >= 15 is 0 Å². The van der Waals surface area contributed by atoms with Crippen molar-refractivity contribution in [3.05, 3.63) is 64.4 Å². The van der Waals surface area contributed by atoms with Gasteiger partial charge in [0.1, 0.15) is 4.90 Å². The minimum absolute atomic E-state index is 0.208. The molecule has 2 rings (SSSR count). The van der Waals surface area contributed by atoms with E-state index in [1.165, 1.54) is 0 Å². The molecule has 0 spiro atoms. The summed E-state index contributed by atoms with van der Waals surface area (Å²) in [6.07, 6.45) is 0. The maximum atomic E-state index is 13.5. The van der Waals surface area contributed by atoms with E-state index < -0.39 is 32.4 Å². The Morgan fingerprint density at radius 2 is 1.67 bits per heavy atom. The van der Waals surface area contributed by atoms with Crippen LogP contribution in [0.5, 0.6) is 0 Å². The van der Waals surface area contributed by atoms with E-state index in [9.17, 15) is 21.6 Å². The van der Waals surface area contributed by atoms with Gasteiger partial charge in [-0.05, 0) is 23.8 Å². The van der Waals surface area contributed by atoms with Crippen LogP contribution in [0.4, 0.5) is 13.2 Å². The van der Waals surface area contributed by atoms with Crippen LogP contribution in [0.25, 0.3) is 0 Å². The lowest BCUT2D eigenvalue weighted by Crippen LogP contribution is -2.24. The molecule has 0 aliphatic rings. The minimum Gasteiger partial charge on any atom is -0.207 e. The van der Waals surface area contributed by atoms with Gasteiger partial charge in [-0.3, -0.25) is 0 Å². The smallest absolute Gasteiger partial charge is 0.207 e. The zero-order valence-corrected chi connectivity index (χ0v) is 12.0. The second-order valence-electron chi connectivity index (χ2n) is 4.09. The van der Waals surface area contributed by atoms with Gasteiger partial charge in [0.05, 0.1) is 0 Å². The van der Waals surface area contributed by atoms with E-state index in [1.807, 2.05) is 0 Å². The molecule has 21 heavy (non-hydrogen) atoms. The van der Waals surface area contributed by atoms with Crippen molar-refractivity contribution >= 4 is 21.6 Å². The molecule has 0 aliphatic carbocycles. The molecule has 0 amide bonds. The Kier molecular flexibility index (Phi) is 4.55. The molecule has 1 N–H and O–H groups in total. The summed E-state index contributed by atoms with van der Waals surface area (Å²) in [7, 11) is -4.34. The van der Waals surface area contributed by atoms with Gasteiger partial charge in [-0.25, -0.2) is 26.3 Å². The Morgan fingerprint density at radius 3 is 2.33 bits per heavy atom. The van der Waals surface area contributed by atoms with Gasteiger partial charge in [-0.1, -0.05) is 29.8 Å². The molecule has 0 atom stereocenters. The van der Waals surface area contributed by atoms with Crippen LogP contribution in [0.15, 0.2) is 41.3 Å². The molecule has 3 nitrogen and oxygen atoms in total. The fourth-order valence-electron chi connectivity index (χ4n) is 1.61. The molecule has 0 aliphatic heterocycles. The highest BCUT2D eigenvalue weighted by atomic mass is 35.5. The second kappa shape index (κ2) is 6.05. The molecular weight excluding hydrogens is 327 g/mol. The molecule has 2 aromatic rings. The molecule has 0 aromatic heterocycles. The maximum absolute atomic E-state index is 13.5. The lowest BCUT2D eigenvalue weighted by atomic mass is 10.2. The van der Waals surface area contributed by atoms with Crippen LogP contribution in [-0.2, 0) is 16.6 Å². The Bertz CT molecular complexity index is 781. The molecule has 0 saturated carbocycles. The predicted octanol–water partition coefficient (Wildman–Crippen LogP) is 3.24. The molecular formula is C13H9ClF3NO2S. The van der Waals surface area contributed by atoms with E-state index in [-0.39, 0.29) is 6.54 Å². The number of nitrogens with one attached hydrogen (secondary N) is 1. The second-order valence-corrected chi connectivity index (χ2v) is 6.23. The van der Waals surface area contributed by atoms with Gasteiger partial charge in [0.2, 0.25) is 10.0 Å². The van der Waals surface area contributed by atoms with E-state index in [4.69, 9.17) is 11.6 Å². The quantitative estimate of drug-likeness (QED) is 0.872. The number of halogens is 4. The Balaban J connectivity index is 2.28. The standard InChI is InChI=1S/C13H9ClF3NO2S/c14-9-4-2-1-3-8(9)7-18-21(19,20)11-6-5-10(15)12(16)13(11)17/h1-6,18H,7H2. The summed E-state index contributed by atoms with van der Waals surface area (Å²) in [4.78, 5) is -0.964. The number of sulfonamides is 1. The van der Waals surface area contributed by atoms with Crippen LogP contribution >= 0.6 is 11.6 Å². The summed E-state index contributed by atoms with van der Waals surface area (Å²) in [6.45, 7) is -0.208. The summed E-state index contributed by atoms with van der Waals surface area (Å²) in [5.74, 6) is -5.06. The lowest BCUT2D eigenvalue weighted by molar-refractivity contribution is 0.431. The third kappa shape index (κ3) is 3.37. The molecule has 0 fully saturated rings. The van der Waals surface area contributed by atoms with Crippen LogP contribution in [0.3, 0.4) is 0 Å². The van der Waals surface area contributed by atoms with Crippen molar-refractivity contribution in [2.45, 2.75) is 11.4 Å². The summed E-state index contributed by atoms with van der Waals surface area (Å²) in [5, 5.41) is 0.325. The monoisotopic (exact) mass is 335 g/mol. The molecule has 112 valence electrons. The Morgan fingerprint density at radius 1 is 1.00 bits per heavy atom. The van der Waals surface area contributed by atoms with E-state index in [1.54, 1.807) is 24.3 Å². The van der Waals surface area contributed by atoms with Crippen molar-refractivity contribution in [2.75, 3.05) is 0 Å². The molecule has 8 heteroatoms. The maximum Gasteiger partial charge on any atom is 0.243 e. The summed E-state index contributed by atoms with van der Waals surface area (Å²) < 4.78 is 65.3. The highest BCUT2D eigenvalue weighted by Crippen LogP contribution is 2.20. The average molecular weight is 336 g/mol. The Labute approximate surface area is 124 Å². The third-order valence-corrected chi connectivity index (χ3v) is 4.49. The average Bonchev–Trinajstić information content (AvgIpc) is 2.44. The molecule has 0 radical (unpaired) electrons. The zero-order chi connectivity index (χ0) is 15.6. The Hall–Kier alpha value is -1.57. The minimum atomic E-state index is -4.34. The molecule has 0 unspecified atom stereocenters. The van der Waals surface area contributed by atoms with Crippen molar-refractivity contribution < 1.29 is 21.6 Å². The van der Waals surface area contributed by atoms with E-state index in [0.29, 0.717) is 22.7 Å². The lowest BCUT2D eigenvalue weighted by Gasteiger charge is -2.09. The highest BCUT2D eigenvalue weighted by Gasteiger charge is 2.23. The summed E-state index contributed by atoms with van der Waals surface area (Å²) >= 11 is 5.86. The number of rotatable bonds is 4. The molecule has 0 saturated heterocycles. The SMILES string of the molecule is O=S(=O)(NCc1ccccc1Cl)c1ccc(F)c(F)c1F. The number of benzene rings is 2. The van der Waals surface area contributed by atoms with Crippen molar-refractivity contribution in [2.24, 2.45) is 0 Å². The first-order chi connectivity index (χ1) is 9.83. The first kappa shape index (κ1) is 15.8. The van der Waals surface area contributed by atoms with Gasteiger partial charge >= 0.3 is 0 Å². The van der Waals surface area contributed by atoms with Gasteiger partial charge in [0.15, 0.2) is 17.5 Å². The first-order valence-corrected chi connectivity index (χ1v) is 7.55. The topological polar surface area (TPSA) is 46.2 Å². The predicted molar refractivity (Wildman–Crippen MR) is 71.8 cm³/mol. The number of hydrogen-bond donors (Lipinski definition) is 1. The first-order valence-electron chi connectivity index (χ1n) is 5.69. The van der Waals surface area contributed by atoms with Crippen molar-refractivity contribution in [3.63, 3.8) is 0 Å². The van der Waals surface area contributed by atoms with Crippen molar-refractivity contribution in [1.82, 2.24) is 4.72 Å².